The number of alkyl halides is 2. The van der Waals surface area contributed by atoms with Crippen molar-refractivity contribution in [1.29, 1.82) is 0 Å². The molecule has 0 aliphatic carbocycles. The molecular weight excluding hydrogens is 575 g/mol. The molecule has 40 heavy (non-hydrogen) atoms. The lowest BCUT2D eigenvalue weighted by atomic mass is 9.87. The van der Waals surface area contributed by atoms with Crippen molar-refractivity contribution in [2.24, 2.45) is 4.99 Å². The SMILES string of the molecule is CNC(=O)OC[C@]1(CC2=C(c3ccn(C(F)F)n3)[C@H](c3ccc(F)cc3Cl)N=C(c3nccs3)N2)COC(=O)N1. The molecule has 1 saturated heterocycles. The van der Waals surface area contributed by atoms with Gasteiger partial charge in [-0.25, -0.2) is 23.6 Å². The molecule has 2 atom stereocenters. The van der Waals surface area contributed by atoms with E-state index in [0.29, 0.717) is 32.4 Å². The normalized spacial score (nSPS) is 20.6. The van der Waals surface area contributed by atoms with E-state index in [1.807, 2.05) is 0 Å². The van der Waals surface area contributed by atoms with Crippen LogP contribution in [0.4, 0.5) is 22.8 Å². The number of ether oxygens (including phenoxy) is 2. The molecule has 0 unspecified atom stereocenters. The van der Waals surface area contributed by atoms with Gasteiger partial charge in [0.25, 0.3) is 0 Å². The van der Waals surface area contributed by atoms with E-state index in [0.717, 1.165) is 12.3 Å². The van der Waals surface area contributed by atoms with Gasteiger partial charge in [-0.15, -0.1) is 11.3 Å². The predicted molar refractivity (Wildman–Crippen MR) is 139 cm³/mol. The van der Waals surface area contributed by atoms with E-state index in [2.05, 4.69) is 26.0 Å². The minimum atomic E-state index is -2.91. The summed E-state index contributed by atoms with van der Waals surface area (Å²) in [5.41, 5.74) is -0.0294. The molecule has 3 N–H and O–H groups in total. The molecule has 16 heteroatoms. The largest absolute Gasteiger partial charge is 0.447 e. The highest BCUT2D eigenvalue weighted by Crippen LogP contribution is 2.42. The second kappa shape index (κ2) is 11.2. The van der Waals surface area contributed by atoms with Gasteiger partial charge >= 0.3 is 18.7 Å². The van der Waals surface area contributed by atoms with Crippen LogP contribution in [0.1, 0.15) is 35.3 Å². The standard InChI is InChI=1S/C24H21ClF3N7O4S/c1-29-22(36)38-10-24(11-39-23(37)33-24)9-16-17(15-4-6-35(34-15)21(27)28)18(13-3-2-12(26)8-14(13)25)32-19(31-16)20-30-5-7-40-20/h2-8,18,21H,9-11H2,1H3,(H,29,36)(H,31,32)(H,33,37)/t18-,24+/m0/s1. The maximum atomic E-state index is 14.0. The van der Waals surface area contributed by atoms with Gasteiger partial charge in [-0.1, -0.05) is 17.7 Å². The number of rotatable bonds is 8. The zero-order chi connectivity index (χ0) is 28.4. The molecule has 11 nitrogen and oxygen atoms in total. The van der Waals surface area contributed by atoms with Gasteiger partial charge in [-0.3, -0.25) is 4.99 Å². The highest BCUT2D eigenvalue weighted by atomic mass is 35.5. The van der Waals surface area contributed by atoms with Crippen molar-refractivity contribution in [2.45, 2.75) is 24.6 Å². The fourth-order valence-corrected chi connectivity index (χ4v) is 5.21. The van der Waals surface area contributed by atoms with Crippen LogP contribution in [0.3, 0.4) is 0 Å². The van der Waals surface area contributed by atoms with Crippen molar-refractivity contribution in [1.82, 2.24) is 30.7 Å². The molecule has 2 amide bonds. The predicted octanol–water partition coefficient (Wildman–Crippen LogP) is 4.25. The van der Waals surface area contributed by atoms with Crippen molar-refractivity contribution < 1.29 is 32.2 Å². The number of benzene rings is 1. The van der Waals surface area contributed by atoms with Crippen molar-refractivity contribution in [2.75, 3.05) is 20.3 Å². The average molecular weight is 596 g/mol. The van der Waals surface area contributed by atoms with Gasteiger partial charge in [0.15, 0.2) is 10.8 Å². The second-order valence-electron chi connectivity index (χ2n) is 8.84. The smallest absolute Gasteiger partial charge is 0.407 e. The molecule has 1 aromatic carbocycles. The van der Waals surface area contributed by atoms with E-state index in [4.69, 9.17) is 26.1 Å². The van der Waals surface area contributed by atoms with Crippen LogP contribution in [-0.4, -0.2) is 58.6 Å². The molecule has 4 heterocycles. The summed E-state index contributed by atoms with van der Waals surface area (Å²) in [6.45, 7) is -3.36. The monoisotopic (exact) mass is 595 g/mol. The molecule has 3 aromatic rings. The van der Waals surface area contributed by atoms with E-state index >= 15 is 0 Å². The Morgan fingerprint density at radius 2 is 2.23 bits per heavy atom. The molecule has 2 aliphatic rings. The minimum absolute atomic E-state index is 0.0354. The third kappa shape index (κ3) is 5.60. The van der Waals surface area contributed by atoms with Crippen LogP contribution in [0.2, 0.25) is 5.02 Å². The van der Waals surface area contributed by atoms with E-state index < -0.39 is 36.1 Å². The van der Waals surface area contributed by atoms with Crippen LogP contribution in [-0.2, 0) is 9.47 Å². The number of cyclic esters (lactones) is 1. The van der Waals surface area contributed by atoms with Crippen molar-refractivity contribution in [3.63, 3.8) is 0 Å². The number of aromatic nitrogens is 3. The molecule has 1 fully saturated rings. The summed E-state index contributed by atoms with van der Waals surface area (Å²) in [5.74, 6) is -0.254. The topological polar surface area (TPSA) is 132 Å². The van der Waals surface area contributed by atoms with Gasteiger partial charge in [-0.2, -0.15) is 13.9 Å². The summed E-state index contributed by atoms with van der Waals surface area (Å²) in [6.07, 6.45) is 1.19. The lowest BCUT2D eigenvalue weighted by Gasteiger charge is -2.33. The number of nitrogens with zero attached hydrogens (tertiary/aromatic N) is 4. The Bertz CT molecular complexity index is 1500. The molecule has 2 aliphatic heterocycles. The molecule has 0 spiro atoms. The van der Waals surface area contributed by atoms with Gasteiger partial charge in [0, 0.05) is 53.1 Å². The van der Waals surface area contributed by atoms with Crippen LogP contribution in [0.15, 0.2) is 52.7 Å². The maximum absolute atomic E-state index is 14.0. The number of hydrogen-bond acceptors (Lipinski definition) is 9. The van der Waals surface area contributed by atoms with Gasteiger partial charge < -0.3 is 25.4 Å². The molecule has 5 rings (SSSR count). The average Bonchev–Trinajstić information content (AvgIpc) is 3.69. The number of hydrogen-bond donors (Lipinski definition) is 3. The van der Waals surface area contributed by atoms with Crippen LogP contribution >= 0.6 is 22.9 Å². The Hall–Kier alpha value is -4.11. The van der Waals surface area contributed by atoms with Gasteiger partial charge in [0.1, 0.15) is 30.6 Å². The van der Waals surface area contributed by atoms with Crippen LogP contribution in [0.25, 0.3) is 5.57 Å². The number of amidine groups is 1. The van der Waals surface area contributed by atoms with Crippen molar-refractivity contribution >= 4 is 46.5 Å². The lowest BCUT2D eigenvalue weighted by Crippen LogP contribution is -2.50. The number of carbonyl (C=O) groups excluding carboxylic acids is 2. The summed E-state index contributed by atoms with van der Waals surface area (Å²) in [6, 6.07) is 4.22. The quantitative estimate of drug-likeness (QED) is 0.355. The van der Waals surface area contributed by atoms with Gasteiger partial charge in [0.2, 0.25) is 0 Å². The second-order valence-corrected chi connectivity index (χ2v) is 10.1. The number of amides is 2. The van der Waals surface area contributed by atoms with E-state index in [9.17, 15) is 22.8 Å². The fraction of sp³-hybridized carbons (Fsp3) is 0.292. The molecule has 210 valence electrons. The van der Waals surface area contributed by atoms with Crippen LogP contribution in [0, 0.1) is 5.82 Å². The zero-order valence-corrected chi connectivity index (χ0v) is 22.2. The highest BCUT2D eigenvalue weighted by Gasteiger charge is 2.44. The fourth-order valence-electron chi connectivity index (χ4n) is 4.35. The van der Waals surface area contributed by atoms with E-state index in [1.165, 1.54) is 36.6 Å². The Labute approximate surface area is 234 Å². The number of aliphatic imine (C=N–C) groups is 1. The first kappa shape index (κ1) is 27.5. The highest BCUT2D eigenvalue weighted by molar-refractivity contribution is 7.11. The van der Waals surface area contributed by atoms with E-state index in [1.54, 1.807) is 11.6 Å². The van der Waals surface area contributed by atoms with Crippen LogP contribution in [0.5, 0.6) is 0 Å². The summed E-state index contributed by atoms with van der Waals surface area (Å²) in [7, 11) is 1.38. The Balaban J connectivity index is 1.68. The number of alkyl carbamates (subject to hydrolysis) is 2. The lowest BCUT2D eigenvalue weighted by molar-refractivity contribution is 0.0564. The van der Waals surface area contributed by atoms with Crippen molar-refractivity contribution in [3.8, 4) is 0 Å². The summed E-state index contributed by atoms with van der Waals surface area (Å²) in [4.78, 5) is 33.1. The molecule has 0 bridgehead atoms. The first-order valence-corrected chi connectivity index (χ1v) is 13.0. The summed E-state index contributed by atoms with van der Waals surface area (Å²) >= 11 is 7.75. The summed E-state index contributed by atoms with van der Waals surface area (Å²) in [5, 5.41) is 14.6. The number of thiazole rings is 1. The number of halogens is 4. The zero-order valence-electron chi connectivity index (χ0n) is 20.7. The Kier molecular flexibility index (Phi) is 7.67. The first-order valence-electron chi connectivity index (χ1n) is 11.7. The third-order valence-electron chi connectivity index (χ3n) is 6.15. The molecule has 0 saturated carbocycles. The van der Waals surface area contributed by atoms with Gasteiger partial charge in [0.05, 0.1) is 5.69 Å². The molecular formula is C24H21ClF3N7O4S. The maximum Gasteiger partial charge on any atom is 0.407 e. The first-order chi connectivity index (χ1) is 19.2. The minimum Gasteiger partial charge on any atom is -0.447 e. The molecule has 2 aromatic heterocycles. The summed E-state index contributed by atoms with van der Waals surface area (Å²) < 4.78 is 51.9. The number of nitrogens with one attached hydrogen (secondary N) is 3. The van der Waals surface area contributed by atoms with Crippen LogP contribution < -0.4 is 16.0 Å². The van der Waals surface area contributed by atoms with Crippen molar-refractivity contribution in [3.05, 3.63) is 74.8 Å². The third-order valence-corrected chi connectivity index (χ3v) is 7.26. The Morgan fingerprint density at radius 3 is 2.85 bits per heavy atom. The van der Waals surface area contributed by atoms with Gasteiger partial charge in [-0.05, 0) is 18.2 Å². The van der Waals surface area contributed by atoms with E-state index in [-0.39, 0.29) is 30.4 Å². The molecule has 0 radical (unpaired) electrons. The number of carbonyl (C=O) groups is 2. The Morgan fingerprint density at radius 1 is 1.40 bits per heavy atom.